The topological polar surface area (TPSA) is 54.2 Å². The van der Waals surface area contributed by atoms with E-state index in [1.165, 1.54) is 22.5 Å². The number of H-pyrrole nitrogens is 1. The van der Waals surface area contributed by atoms with Crippen molar-refractivity contribution in [2.24, 2.45) is 4.99 Å². The molecule has 3 aromatic carbocycles. The standard InChI is InChI=1S/C22H15N3OS/c1-2-6-16-13-17(10-9-15(16)5-1)23-14-18-11-12-21(26-18)27-22-24-19-7-3-4-8-20(19)25-22/h1-14H,(H,24,25). The molecule has 0 unspecified atom stereocenters. The lowest BCUT2D eigenvalue weighted by Crippen LogP contribution is -1.76. The Hall–Kier alpha value is -3.31. The van der Waals surface area contributed by atoms with E-state index in [2.05, 4.69) is 39.2 Å². The van der Waals surface area contributed by atoms with Gasteiger partial charge < -0.3 is 9.40 Å². The van der Waals surface area contributed by atoms with E-state index in [4.69, 9.17) is 4.42 Å². The van der Waals surface area contributed by atoms with Crippen molar-refractivity contribution < 1.29 is 4.42 Å². The Morgan fingerprint density at radius 2 is 1.74 bits per heavy atom. The number of para-hydroxylation sites is 2. The van der Waals surface area contributed by atoms with Gasteiger partial charge in [-0.1, -0.05) is 42.5 Å². The van der Waals surface area contributed by atoms with E-state index in [1.54, 1.807) is 6.21 Å². The number of hydrogen-bond donors (Lipinski definition) is 1. The molecule has 0 aliphatic rings. The molecule has 5 heteroatoms. The maximum absolute atomic E-state index is 5.85. The van der Waals surface area contributed by atoms with Gasteiger partial charge in [0.1, 0.15) is 5.76 Å². The Labute approximate surface area is 160 Å². The van der Waals surface area contributed by atoms with Gasteiger partial charge in [-0.25, -0.2) is 4.98 Å². The van der Waals surface area contributed by atoms with E-state index < -0.39 is 0 Å². The first-order valence-electron chi connectivity index (χ1n) is 8.59. The maximum atomic E-state index is 5.85. The molecule has 0 spiro atoms. The lowest BCUT2D eigenvalue weighted by molar-refractivity contribution is 0.468. The summed E-state index contributed by atoms with van der Waals surface area (Å²) in [5.41, 5.74) is 2.87. The predicted octanol–water partition coefficient (Wildman–Crippen LogP) is 6.21. The van der Waals surface area contributed by atoms with Gasteiger partial charge in [0.15, 0.2) is 10.2 Å². The van der Waals surface area contributed by atoms with Crippen LogP contribution >= 0.6 is 11.8 Å². The van der Waals surface area contributed by atoms with Gasteiger partial charge in [0.05, 0.1) is 22.9 Å². The summed E-state index contributed by atoms with van der Waals surface area (Å²) >= 11 is 1.46. The third-order valence-corrected chi connectivity index (χ3v) is 5.05. The van der Waals surface area contributed by atoms with Gasteiger partial charge in [-0.2, -0.15) is 0 Å². The number of nitrogens with one attached hydrogen (secondary N) is 1. The third-order valence-electron chi connectivity index (χ3n) is 4.24. The predicted molar refractivity (Wildman–Crippen MR) is 110 cm³/mol. The highest BCUT2D eigenvalue weighted by Crippen LogP contribution is 2.28. The molecule has 130 valence electrons. The molecule has 0 bridgehead atoms. The van der Waals surface area contributed by atoms with Crippen LogP contribution in [0, 0.1) is 0 Å². The highest BCUT2D eigenvalue weighted by molar-refractivity contribution is 7.99. The van der Waals surface area contributed by atoms with E-state index in [0.717, 1.165) is 27.0 Å². The lowest BCUT2D eigenvalue weighted by atomic mass is 10.1. The lowest BCUT2D eigenvalue weighted by Gasteiger charge is -1.98. The van der Waals surface area contributed by atoms with Gasteiger partial charge >= 0.3 is 0 Å². The summed E-state index contributed by atoms with van der Waals surface area (Å²) in [6.07, 6.45) is 1.74. The maximum Gasteiger partial charge on any atom is 0.174 e. The molecule has 0 fully saturated rings. The van der Waals surface area contributed by atoms with Crippen molar-refractivity contribution in [1.82, 2.24) is 9.97 Å². The Morgan fingerprint density at radius 3 is 2.67 bits per heavy atom. The van der Waals surface area contributed by atoms with E-state index >= 15 is 0 Å². The highest BCUT2D eigenvalue weighted by Gasteiger charge is 2.07. The number of rotatable bonds is 4. The van der Waals surface area contributed by atoms with Crippen LogP contribution in [0.25, 0.3) is 21.8 Å². The number of fused-ring (bicyclic) bond motifs is 2. The van der Waals surface area contributed by atoms with Crippen molar-refractivity contribution in [2.45, 2.75) is 10.2 Å². The summed E-state index contributed by atoms with van der Waals surface area (Å²) in [4.78, 5) is 12.4. The van der Waals surface area contributed by atoms with Crippen LogP contribution in [0.4, 0.5) is 5.69 Å². The third kappa shape index (κ3) is 3.37. The van der Waals surface area contributed by atoms with Crippen molar-refractivity contribution in [1.29, 1.82) is 0 Å². The van der Waals surface area contributed by atoms with Crippen molar-refractivity contribution in [3.8, 4) is 0 Å². The minimum Gasteiger partial charge on any atom is -0.448 e. The summed E-state index contributed by atoms with van der Waals surface area (Å²) in [7, 11) is 0. The summed E-state index contributed by atoms with van der Waals surface area (Å²) in [6.45, 7) is 0. The molecule has 2 heterocycles. The normalized spacial score (nSPS) is 11.7. The van der Waals surface area contributed by atoms with Crippen molar-refractivity contribution in [3.05, 3.63) is 84.6 Å². The van der Waals surface area contributed by atoms with Crippen LogP contribution in [0.15, 0.2) is 98.5 Å². The molecule has 4 nitrogen and oxygen atoms in total. The molecule has 0 amide bonds. The fourth-order valence-corrected chi connectivity index (χ4v) is 3.70. The molecule has 0 saturated carbocycles. The monoisotopic (exact) mass is 369 g/mol. The first-order valence-corrected chi connectivity index (χ1v) is 9.40. The zero-order valence-electron chi connectivity index (χ0n) is 14.3. The average Bonchev–Trinajstić information content (AvgIpc) is 3.32. The number of nitrogens with zero attached hydrogens (tertiary/aromatic N) is 2. The van der Waals surface area contributed by atoms with Crippen molar-refractivity contribution >= 4 is 45.5 Å². The van der Waals surface area contributed by atoms with Crippen LogP contribution in [0.2, 0.25) is 0 Å². The second-order valence-corrected chi connectivity index (χ2v) is 7.10. The number of benzene rings is 3. The SMILES string of the molecule is C(=Nc1ccc2ccccc2c1)c1ccc(Sc2nc3ccccc3[nH]2)o1. The quantitative estimate of drug-likeness (QED) is 0.383. The number of aromatic nitrogens is 2. The fraction of sp³-hybridized carbons (Fsp3) is 0. The molecule has 0 aliphatic heterocycles. The Balaban J connectivity index is 1.34. The molecular formula is C22H15N3OS. The summed E-state index contributed by atoms with van der Waals surface area (Å²) in [6, 6.07) is 26.2. The fourth-order valence-electron chi connectivity index (χ4n) is 2.93. The Kier molecular flexibility index (Phi) is 3.99. The van der Waals surface area contributed by atoms with Crippen LogP contribution in [-0.4, -0.2) is 16.2 Å². The van der Waals surface area contributed by atoms with Crippen LogP contribution in [0.5, 0.6) is 0 Å². The molecule has 5 rings (SSSR count). The molecule has 5 aromatic rings. The van der Waals surface area contributed by atoms with Crippen LogP contribution in [-0.2, 0) is 0 Å². The smallest absolute Gasteiger partial charge is 0.174 e. The summed E-state index contributed by atoms with van der Waals surface area (Å²) in [5.74, 6) is 0.710. The number of aliphatic imine (C=N–C) groups is 1. The second kappa shape index (κ2) is 6.78. The molecule has 0 saturated heterocycles. The van der Waals surface area contributed by atoms with E-state index in [0.29, 0.717) is 5.76 Å². The van der Waals surface area contributed by atoms with Crippen molar-refractivity contribution in [3.63, 3.8) is 0 Å². The first kappa shape index (κ1) is 15.9. The second-order valence-electron chi connectivity index (χ2n) is 6.11. The number of imidazole rings is 1. The van der Waals surface area contributed by atoms with Gasteiger partial charge in [-0.05, 0) is 58.9 Å². The molecule has 27 heavy (non-hydrogen) atoms. The molecule has 0 radical (unpaired) electrons. The van der Waals surface area contributed by atoms with E-state index in [1.807, 2.05) is 54.6 Å². The minimum atomic E-state index is 0.710. The van der Waals surface area contributed by atoms with E-state index in [9.17, 15) is 0 Å². The summed E-state index contributed by atoms with van der Waals surface area (Å²) < 4.78 is 5.85. The van der Waals surface area contributed by atoms with E-state index in [-0.39, 0.29) is 0 Å². The molecule has 2 aromatic heterocycles. The van der Waals surface area contributed by atoms with Crippen LogP contribution in [0.1, 0.15) is 5.76 Å². The molecule has 0 atom stereocenters. The summed E-state index contributed by atoms with van der Waals surface area (Å²) in [5, 5.41) is 3.96. The largest absolute Gasteiger partial charge is 0.448 e. The van der Waals surface area contributed by atoms with Gasteiger partial charge in [0.2, 0.25) is 0 Å². The number of aromatic amines is 1. The average molecular weight is 369 g/mol. The molecular weight excluding hydrogens is 354 g/mol. The number of furan rings is 1. The van der Waals surface area contributed by atoms with Gasteiger partial charge in [-0.3, -0.25) is 4.99 Å². The molecule has 1 N–H and O–H groups in total. The molecule has 0 aliphatic carbocycles. The van der Waals surface area contributed by atoms with Crippen molar-refractivity contribution in [2.75, 3.05) is 0 Å². The Morgan fingerprint density at radius 1 is 0.889 bits per heavy atom. The minimum absolute atomic E-state index is 0.710. The number of hydrogen-bond acceptors (Lipinski definition) is 4. The zero-order chi connectivity index (χ0) is 18.1. The highest BCUT2D eigenvalue weighted by atomic mass is 32.2. The van der Waals surface area contributed by atoms with Gasteiger partial charge in [0, 0.05) is 0 Å². The Bertz CT molecular complexity index is 1240. The van der Waals surface area contributed by atoms with Gasteiger partial charge in [-0.15, -0.1) is 0 Å². The zero-order valence-corrected chi connectivity index (χ0v) is 15.1. The van der Waals surface area contributed by atoms with Crippen LogP contribution in [0.3, 0.4) is 0 Å². The van der Waals surface area contributed by atoms with Crippen LogP contribution < -0.4 is 0 Å². The first-order chi connectivity index (χ1) is 13.3. The van der Waals surface area contributed by atoms with Gasteiger partial charge in [0.25, 0.3) is 0 Å².